The normalized spacial score (nSPS) is 15.1. The van der Waals surface area contributed by atoms with E-state index >= 15 is 0 Å². The first-order valence-corrected chi connectivity index (χ1v) is 5.51. The maximum Gasteiger partial charge on any atom is 0.231 e. The quantitative estimate of drug-likeness (QED) is 0.825. The Labute approximate surface area is 95.5 Å². The molecule has 88 valence electrons. The predicted octanol–water partition coefficient (Wildman–Crippen LogP) is 1.71. The van der Waals surface area contributed by atoms with Crippen molar-refractivity contribution in [3.05, 3.63) is 23.8 Å². The molecule has 1 heterocycles. The number of likely N-dealkylation sites (N-methyl/N-ethyl adjacent to an activating group) is 1. The van der Waals surface area contributed by atoms with Gasteiger partial charge in [-0.05, 0) is 31.7 Å². The molecule has 1 N–H and O–H groups in total. The van der Waals surface area contributed by atoms with Gasteiger partial charge in [-0.15, -0.1) is 0 Å². The van der Waals surface area contributed by atoms with Gasteiger partial charge in [0.25, 0.3) is 0 Å². The molecule has 0 spiro atoms. The van der Waals surface area contributed by atoms with E-state index in [9.17, 15) is 0 Å². The average Bonchev–Trinajstić information content (AvgIpc) is 2.75. The fraction of sp³-hybridized carbons (Fsp3) is 0.500. The number of hydrogen-bond acceptors (Lipinski definition) is 4. The summed E-state index contributed by atoms with van der Waals surface area (Å²) in [4.78, 5) is 0. The van der Waals surface area contributed by atoms with E-state index in [1.807, 2.05) is 32.2 Å². The van der Waals surface area contributed by atoms with Gasteiger partial charge in [-0.1, -0.05) is 6.07 Å². The first-order valence-electron chi connectivity index (χ1n) is 5.51. The second-order valence-electron chi connectivity index (χ2n) is 3.61. The van der Waals surface area contributed by atoms with Crippen molar-refractivity contribution in [3.63, 3.8) is 0 Å². The SMILES string of the molecule is CCOC(CNC)c1ccc2c(c1)OCO2. The van der Waals surface area contributed by atoms with Gasteiger partial charge < -0.3 is 19.5 Å². The fourth-order valence-electron chi connectivity index (χ4n) is 1.77. The van der Waals surface area contributed by atoms with Gasteiger partial charge in [0.15, 0.2) is 11.5 Å². The lowest BCUT2D eigenvalue weighted by molar-refractivity contribution is 0.0636. The Bertz CT molecular complexity index is 348. The van der Waals surface area contributed by atoms with Crippen LogP contribution in [0.4, 0.5) is 0 Å². The van der Waals surface area contributed by atoms with Crippen LogP contribution in [0.1, 0.15) is 18.6 Å². The molecule has 0 amide bonds. The monoisotopic (exact) mass is 223 g/mol. The molecule has 1 unspecified atom stereocenters. The third-order valence-corrected chi connectivity index (χ3v) is 2.53. The summed E-state index contributed by atoms with van der Waals surface area (Å²) in [6, 6.07) is 5.94. The number of benzene rings is 1. The topological polar surface area (TPSA) is 39.7 Å². The Hall–Kier alpha value is -1.26. The van der Waals surface area contributed by atoms with E-state index < -0.39 is 0 Å². The Morgan fingerprint density at radius 1 is 1.38 bits per heavy atom. The van der Waals surface area contributed by atoms with Crippen LogP contribution in [0.25, 0.3) is 0 Å². The number of fused-ring (bicyclic) bond motifs is 1. The maximum atomic E-state index is 5.67. The highest BCUT2D eigenvalue weighted by Crippen LogP contribution is 2.34. The van der Waals surface area contributed by atoms with Gasteiger partial charge in [0.1, 0.15) is 0 Å². The molecule has 1 aromatic carbocycles. The van der Waals surface area contributed by atoms with Gasteiger partial charge in [0, 0.05) is 13.2 Å². The average molecular weight is 223 g/mol. The van der Waals surface area contributed by atoms with Gasteiger partial charge in [-0.3, -0.25) is 0 Å². The lowest BCUT2D eigenvalue weighted by atomic mass is 10.1. The number of ether oxygens (including phenoxy) is 3. The van der Waals surface area contributed by atoms with Crippen LogP contribution in [-0.2, 0) is 4.74 Å². The molecule has 2 rings (SSSR count). The van der Waals surface area contributed by atoms with E-state index in [4.69, 9.17) is 14.2 Å². The van der Waals surface area contributed by atoms with Crippen molar-refractivity contribution < 1.29 is 14.2 Å². The van der Waals surface area contributed by atoms with Gasteiger partial charge in [-0.2, -0.15) is 0 Å². The van der Waals surface area contributed by atoms with E-state index in [0.29, 0.717) is 13.4 Å². The summed E-state index contributed by atoms with van der Waals surface area (Å²) in [5, 5.41) is 3.12. The zero-order chi connectivity index (χ0) is 11.4. The van der Waals surface area contributed by atoms with Crippen molar-refractivity contribution in [2.45, 2.75) is 13.0 Å². The molecule has 0 saturated carbocycles. The van der Waals surface area contributed by atoms with Gasteiger partial charge in [-0.25, -0.2) is 0 Å². The highest BCUT2D eigenvalue weighted by atomic mass is 16.7. The second-order valence-corrected chi connectivity index (χ2v) is 3.61. The second kappa shape index (κ2) is 5.18. The molecular weight excluding hydrogens is 206 g/mol. The van der Waals surface area contributed by atoms with Crippen molar-refractivity contribution in [1.82, 2.24) is 5.32 Å². The summed E-state index contributed by atoms with van der Waals surface area (Å²) in [5.41, 5.74) is 1.11. The summed E-state index contributed by atoms with van der Waals surface area (Å²) in [5.74, 6) is 1.61. The van der Waals surface area contributed by atoms with E-state index in [2.05, 4.69) is 5.32 Å². The minimum absolute atomic E-state index is 0.0597. The van der Waals surface area contributed by atoms with E-state index in [1.165, 1.54) is 0 Å². The summed E-state index contributed by atoms with van der Waals surface area (Å²) < 4.78 is 16.3. The maximum absolute atomic E-state index is 5.67. The summed E-state index contributed by atoms with van der Waals surface area (Å²) in [6.45, 7) is 3.79. The molecule has 4 heteroatoms. The largest absolute Gasteiger partial charge is 0.454 e. The van der Waals surface area contributed by atoms with Gasteiger partial charge in [0.05, 0.1) is 6.10 Å². The first kappa shape index (κ1) is 11.2. The van der Waals surface area contributed by atoms with Crippen LogP contribution in [-0.4, -0.2) is 27.0 Å². The van der Waals surface area contributed by atoms with E-state index in [0.717, 1.165) is 23.6 Å². The third-order valence-electron chi connectivity index (χ3n) is 2.53. The zero-order valence-electron chi connectivity index (χ0n) is 9.66. The van der Waals surface area contributed by atoms with Crippen LogP contribution in [0.3, 0.4) is 0 Å². The predicted molar refractivity (Wildman–Crippen MR) is 60.9 cm³/mol. The van der Waals surface area contributed by atoms with Crippen LogP contribution >= 0.6 is 0 Å². The van der Waals surface area contributed by atoms with E-state index in [-0.39, 0.29) is 6.10 Å². The molecule has 1 atom stereocenters. The standard InChI is InChI=1S/C12H17NO3/c1-3-14-12(7-13-2)9-4-5-10-11(6-9)16-8-15-10/h4-6,12-13H,3,7-8H2,1-2H3. The molecule has 1 aliphatic heterocycles. The highest BCUT2D eigenvalue weighted by molar-refractivity contribution is 5.45. The van der Waals surface area contributed by atoms with Crippen LogP contribution in [0.5, 0.6) is 11.5 Å². The Morgan fingerprint density at radius 2 is 2.19 bits per heavy atom. The zero-order valence-corrected chi connectivity index (χ0v) is 9.66. The van der Waals surface area contributed by atoms with Crippen LogP contribution < -0.4 is 14.8 Å². The van der Waals surface area contributed by atoms with Gasteiger partial charge in [0.2, 0.25) is 6.79 Å². The summed E-state index contributed by atoms with van der Waals surface area (Å²) >= 11 is 0. The van der Waals surface area contributed by atoms with Crippen molar-refractivity contribution in [3.8, 4) is 11.5 Å². The van der Waals surface area contributed by atoms with Crippen molar-refractivity contribution in [2.24, 2.45) is 0 Å². The van der Waals surface area contributed by atoms with Crippen LogP contribution in [0.2, 0.25) is 0 Å². The molecule has 1 aromatic rings. The Balaban J connectivity index is 2.17. The minimum atomic E-state index is 0.0597. The molecule has 1 aliphatic rings. The molecular formula is C12H17NO3. The molecule has 0 radical (unpaired) electrons. The highest BCUT2D eigenvalue weighted by Gasteiger charge is 2.17. The lowest BCUT2D eigenvalue weighted by Gasteiger charge is -2.17. The molecule has 0 fully saturated rings. The van der Waals surface area contributed by atoms with Crippen LogP contribution in [0, 0.1) is 0 Å². The Morgan fingerprint density at radius 3 is 2.94 bits per heavy atom. The number of rotatable bonds is 5. The number of nitrogens with one attached hydrogen (secondary N) is 1. The molecule has 0 aliphatic carbocycles. The van der Waals surface area contributed by atoms with Crippen molar-refractivity contribution >= 4 is 0 Å². The molecule has 0 aromatic heterocycles. The van der Waals surface area contributed by atoms with Crippen molar-refractivity contribution in [2.75, 3.05) is 27.0 Å². The summed E-state index contributed by atoms with van der Waals surface area (Å²) in [6.07, 6.45) is 0.0597. The molecule has 0 saturated heterocycles. The fourth-order valence-corrected chi connectivity index (χ4v) is 1.77. The Kier molecular flexibility index (Phi) is 3.64. The molecule has 16 heavy (non-hydrogen) atoms. The lowest BCUT2D eigenvalue weighted by Crippen LogP contribution is -2.19. The first-order chi connectivity index (χ1) is 7.85. The summed E-state index contributed by atoms with van der Waals surface area (Å²) in [7, 11) is 1.92. The van der Waals surface area contributed by atoms with Crippen LogP contribution in [0.15, 0.2) is 18.2 Å². The van der Waals surface area contributed by atoms with E-state index in [1.54, 1.807) is 0 Å². The number of hydrogen-bond donors (Lipinski definition) is 1. The smallest absolute Gasteiger partial charge is 0.231 e. The third kappa shape index (κ3) is 2.28. The van der Waals surface area contributed by atoms with Gasteiger partial charge >= 0.3 is 0 Å². The minimum Gasteiger partial charge on any atom is -0.454 e. The van der Waals surface area contributed by atoms with Crippen molar-refractivity contribution in [1.29, 1.82) is 0 Å². The molecule has 0 bridgehead atoms. The molecule has 4 nitrogen and oxygen atoms in total.